The van der Waals surface area contributed by atoms with Crippen molar-refractivity contribution >= 4 is 5.69 Å². The second-order valence-electron chi connectivity index (χ2n) is 5.10. The van der Waals surface area contributed by atoms with Crippen LogP contribution in [0.1, 0.15) is 12.2 Å². The molecule has 0 radical (unpaired) electrons. The van der Waals surface area contributed by atoms with Crippen molar-refractivity contribution < 1.29 is 0 Å². The summed E-state index contributed by atoms with van der Waals surface area (Å²) in [6, 6.07) is 12.7. The fraction of sp³-hybridized carbons (Fsp3) is 0.176. The van der Waals surface area contributed by atoms with Crippen molar-refractivity contribution in [2.45, 2.75) is 19.4 Å². The van der Waals surface area contributed by atoms with Crippen molar-refractivity contribution in [2.75, 3.05) is 5.32 Å². The molecule has 1 aromatic carbocycles. The predicted molar refractivity (Wildman–Crippen MR) is 83.5 cm³/mol. The summed E-state index contributed by atoms with van der Waals surface area (Å²) in [7, 11) is 0. The Hall–Kier alpha value is -3.56. The summed E-state index contributed by atoms with van der Waals surface area (Å²) in [5.74, 6) is 1.12. The normalized spacial score (nSPS) is 11.7. The van der Waals surface area contributed by atoms with Crippen molar-refractivity contribution in [1.29, 1.82) is 15.8 Å². The Bertz CT molecular complexity index is 881. The van der Waals surface area contributed by atoms with E-state index in [4.69, 9.17) is 15.8 Å². The molecule has 6 nitrogen and oxygen atoms in total. The van der Waals surface area contributed by atoms with E-state index in [1.165, 1.54) is 0 Å². The van der Waals surface area contributed by atoms with E-state index in [-0.39, 0.29) is 11.3 Å². The van der Waals surface area contributed by atoms with Gasteiger partial charge in [0, 0.05) is 18.7 Å². The molecule has 0 saturated heterocycles. The second-order valence-corrected chi connectivity index (χ2v) is 5.10. The van der Waals surface area contributed by atoms with E-state index in [9.17, 15) is 0 Å². The highest BCUT2D eigenvalue weighted by molar-refractivity contribution is 5.65. The first-order valence-corrected chi connectivity index (χ1v) is 7.13. The number of hydrogen-bond acceptors (Lipinski definition) is 5. The molecule has 1 N–H and O–H groups in total. The zero-order chi connectivity index (χ0) is 16.2. The zero-order valence-corrected chi connectivity index (χ0v) is 12.2. The summed E-state index contributed by atoms with van der Waals surface area (Å²) >= 11 is 0. The van der Waals surface area contributed by atoms with E-state index in [0.29, 0.717) is 5.69 Å². The minimum absolute atomic E-state index is 0.0482. The van der Waals surface area contributed by atoms with Gasteiger partial charge in [0.15, 0.2) is 5.57 Å². The Labute approximate surface area is 133 Å². The van der Waals surface area contributed by atoms with E-state index in [1.54, 1.807) is 12.1 Å². The number of aromatic nitrogens is 2. The minimum Gasteiger partial charge on any atom is -0.345 e. The largest absolute Gasteiger partial charge is 0.345 e. The number of fused-ring (bicyclic) bond motifs is 1. The molecule has 0 bridgehead atoms. The Balaban J connectivity index is 1.86. The summed E-state index contributed by atoms with van der Waals surface area (Å²) in [5.41, 5.74) is 2.49. The van der Waals surface area contributed by atoms with Crippen LogP contribution in [0.2, 0.25) is 0 Å². The molecule has 2 aromatic rings. The molecule has 3 rings (SSSR count). The van der Waals surface area contributed by atoms with Gasteiger partial charge >= 0.3 is 0 Å². The standard InChI is InChI=1S/C17H12N6/c18-8-13(9-19)15(10-20)22-14-5-3-12(4-6-14)16-11-21-17-2-1-7-23(16)17/h3-6,11,22H,1-2,7H2. The zero-order valence-electron chi connectivity index (χ0n) is 12.2. The average molecular weight is 300 g/mol. The summed E-state index contributed by atoms with van der Waals surface area (Å²) in [4.78, 5) is 4.43. The summed E-state index contributed by atoms with van der Waals surface area (Å²) in [5, 5.41) is 29.5. The number of anilines is 1. The van der Waals surface area contributed by atoms with E-state index >= 15 is 0 Å². The van der Waals surface area contributed by atoms with Gasteiger partial charge in [-0.1, -0.05) is 12.1 Å². The Morgan fingerprint density at radius 1 is 1.09 bits per heavy atom. The highest BCUT2D eigenvalue weighted by Crippen LogP contribution is 2.26. The lowest BCUT2D eigenvalue weighted by molar-refractivity contribution is 0.756. The molecule has 2 heterocycles. The average Bonchev–Trinajstić information content (AvgIpc) is 3.19. The quantitative estimate of drug-likeness (QED) is 0.878. The number of imidazole rings is 1. The molecule has 0 spiro atoms. The van der Waals surface area contributed by atoms with Crippen LogP contribution in [-0.2, 0) is 13.0 Å². The molecule has 0 saturated carbocycles. The lowest BCUT2D eigenvalue weighted by Crippen LogP contribution is -2.00. The van der Waals surface area contributed by atoms with E-state index in [0.717, 1.165) is 36.5 Å². The van der Waals surface area contributed by atoms with E-state index in [1.807, 2.05) is 36.5 Å². The maximum absolute atomic E-state index is 9.05. The smallest absolute Gasteiger partial charge is 0.163 e. The molecular weight excluding hydrogens is 288 g/mol. The Morgan fingerprint density at radius 2 is 1.83 bits per heavy atom. The molecule has 0 atom stereocenters. The van der Waals surface area contributed by atoms with Gasteiger partial charge in [-0.05, 0) is 24.1 Å². The Kier molecular flexibility index (Phi) is 3.78. The summed E-state index contributed by atoms with van der Waals surface area (Å²) in [6.07, 6.45) is 4.01. The number of hydrogen-bond donors (Lipinski definition) is 1. The SMILES string of the molecule is N#CC(C#N)=C(C#N)Nc1ccc(-c2cnc3n2CCC3)cc1. The maximum atomic E-state index is 9.05. The van der Waals surface area contributed by atoms with Crippen LogP contribution in [0.25, 0.3) is 11.3 Å². The Morgan fingerprint density at radius 3 is 2.48 bits per heavy atom. The van der Waals surface area contributed by atoms with Crippen LogP contribution in [0, 0.1) is 34.0 Å². The molecular formula is C17H12N6. The van der Waals surface area contributed by atoms with Gasteiger partial charge in [0.1, 0.15) is 29.7 Å². The van der Waals surface area contributed by atoms with Crippen molar-refractivity contribution in [3.05, 3.63) is 47.6 Å². The monoisotopic (exact) mass is 300 g/mol. The highest BCUT2D eigenvalue weighted by Gasteiger charge is 2.16. The van der Waals surface area contributed by atoms with Crippen LogP contribution in [0.15, 0.2) is 41.7 Å². The van der Waals surface area contributed by atoms with Gasteiger partial charge in [-0.15, -0.1) is 0 Å². The van der Waals surface area contributed by atoms with Gasteiger partial charge in [0.25, 0.3) is 0 Å². The number of nitrogens with one attached hydrogen (secondary N) is 1. The topological polar surface area (TPSA) is 101 Å². The third kappa shape index (κ3) is 2.64. The second kappa shape index (κ2) is 6.05. The number of nitrogens with zero attached hydrogens (tertiary/aromatic N) is 5. The highest BCUT2D eigenvalue weighted by atomic mass is 15.1. The summed E-state index contributed by atoms with van der Waals surface area (Å²) in [6.45, 7) is 0.986. The van der Waals surface area contributed by atoms with Crippen molar-refractivity contribution in [2.24, 2.45) is 0 Å². The van der Waals surface area contributed by atoms with Gasteiger partial charge in [-0.2, -0.15) is 15.8 Å². The van der Waals surface area contributed by atoms with Gasteiger partial charge in [0.05, 0.1) is 11.9 Å². The van der Waals surface area contributed by atoms with E-state index < -0.39 is 0 Å². The number of allylic oxidation sites excluding steroid dienone is 2. The minimum atomic E-state index is -0.231. The maximum Gasteiger partial charge on any atom is 0.163 e. The molecule has 1 aliphatic rings. The molecule has 0 amide bonds. The van der Waals surface area contributed by atoms with Gasteiger partial charge in [0.2, 0.25) is 0 Å². The fourth-order valence-electron chi connectivity index (χ4n) is 2.64. The first kappa shape index (κ1) is 14.4. The van der Waals surface area contributed by atoms with Crippen LogP contribution in [0.5, 0.6) is 0 Å². The number of rotatable bonds is 3. The van der Waals surface area contributed by atoms with Gasteiger partial charge < -0.3 is 9.88 Å². The third-order valence-corrected chi connectivity index (χ3v) is 3.76. The van der Waals surface area contributed by atoms with Crippen molar-refractivity contribution in [3.8, 4) is 29.5 Å². The number of benzene rings is 1. The predicted octanol–water partition coefficient (Wildman–Crippen LogP) is 2.73. The van der Waals surface area contributed by atoms with E-state index in [2.05, 4.69) is 14.9 Å². The molecule has 0 unspecified atom stereocenters. The molecule has 23 heavy (non-hydrogen) atoms. The number of aryl methyl sites for hydroxylation is 1. The van der Waals surface area contributed by atoms with Crippen LogP contribution in [0.4, 0.5) is 5.69 Å². The molecule has 0 fully saturated rings. The first-order valence-electron chi connectivity index (χ1n) is 7.13. The third-order valence-electron chi connectivity index (χ3n) is 3.76. The van der Waals surface area contributed by atoms with Crippen LogP contribution in [-0.4, -0.2) is 9.55 Å². The summed E-state index contributed by atoms with van der Waals surface area (Å²) < 4.78 is 2.21. The van der Waals surface area contributed by atoms with Gasteiger partial charge in [-0.25, -0.2) is 4.98 Å². The lowest BCUT2D eigenvalue weighted by atomic mass is 10.1. The molecule has 6 heteroatoms. The molecule has 1 aliphatic heterocycles. The molecule has 110 valence electrons. The van der Waals surface area contributed by atoms with Crippen LogP contribution >= 0.6 is 0 Å². The fourth-order valence-corrected chi connectivity index (χ4v) is 2.64. The van der Waals surface area contributed by atoms with Crippen LogP contribution in [0.3, 0.4) is 0 Å². The van der Waals surface area contributed by atoms with Gasteiger partial charge in [-0.3, -0.25) is 0 Å². The van der Waals surface area contributed by atoms with Crippen molar-refractivity contribution in [1.82, 2.24) is 9.55 Å². The first-order chi connectivity index (χ1) is 11.3. The van der Waals surface area contributed by atoms with Crippen molar-refractivity contribution in [3.63, 3.8) is 0 Å². The molecule has 1 aromatic heterocycles. The number of nitriles is 3. The lowest BCUT2D eigenvalue weighted by Gasteiger charge is -2.08. The van der Waals surface area contributed by atoms with Crippen LogP contribution < -0.4 is 5.32 Å². The molecule has 0 aliphatic carbocycles.